The van der Waals surface area contributed by atoms with Crippen molar-refractivity contribution in [3.63, 3.8) is 0 Å². The number of fused-ring (bicyclic) bond motifs is 1. The van der Waals surface area contributed by atoms with E-state index in [-0.39, 0.29) is 28.9 Å². The molecule has 0 atom stereocenters. The van der Waals surface area contributed by atoms with E-state index < -0.39 is 23.4 Å². The molecule has 9 nitrogen and oxygen atoms in total. The second-order valence-corrected chi connectivity index (χ2v) is 6.47. The van der Waals surface area contributed by atoms with Crippen LogP contribution in [0.2, 0.25) is 0 Å². The quantitative estimate of drug-likeness (QED) is 0.607. The van der Waals surface area contributed by atoms with E-state index >= 15 is 0 Å². The number of amides is 1. The predicted octanol–water partition coefficient (Wildman–Crippen LogP) is 1.80. The first-order valence-corrected chi connectivity index (χ1v) is 8.51. The van der Waals surface area contributed by atoms with Crippen molar-refractivity contribution >= 4 is 45.1 Å². The fourth-order valence-corrected chi connectivity index (χ4v) is 3.46. The van der Waals surface area contributed by atoms with Crippen LogP contribution in [0.5, 0.6) is 0 Å². The summed E-state index contributed by atoms with van der Waals surface area (Å²) in [5.74, 6) is -2.57. The van der Waals surface area contributed by atoms with E-state index in [0.29, 0.717) is 10.5 Å². The van der Waals surface area contributed by atoms with Crippen molar-refractivity contribution in [1.82, 2.24) is 9.55 Å². The molecule has 2 aromatic heterocycles. The van der Waals surface area contributed by atoms with Crippen molar-refractivity contribution in [1.29, 1.82) is 0 Å². The van der Waals surface area contributed by atoms with Gasteiger partial charge in [0.25, 0.3) is 5.56 Å². The van der Waals surface area contributed by atoms with Crippen molar-refractivity contribution in [2.45, 2.75) is 13.5 Å². The molecule has 3 rings (SSSR count). The number of rotatable bonds is 5. The highest BCUT2D eigenvalue weighted by molar-refractivity contribution is 7.17. The van der Waals surface area contributed by atoms with Crippen LogP contribution in [-0.4, -0.2) is 37.6 Å². The summed E-state index contributed by atoms with van der Waals surface area (Å²) in [6.45, 7) is 1.19. The number of aryl methyl sites for hydroxylation is 1. The van der Waals surface area contributed by atoms with Crippen molar-refractivity contribution in [2.24, 2.45) is 0 Å². The Balaban J connectivity index is 1.88. The third kappa shape index (κ3) is 3.55. The normalized spacial score (nSPS) is 10.7. The summed E-state index contributed by atoms with van der Waals surface area (Å²) in [5.41, 5.74) is -0.307. The van der Waals surface area contributed by atoms with E-state index in [1.54, 1.807) is 6.92 Å². The lowest BCUT2D eigenvalue weighted by Gasteiger charge is -2.10. The Labute approximate surface area is 155 Å². The zero-order valence-electron chi connectivity index (χ0n) is 13.9. The topological polar surface area (TPSA) is 139 Å². The number of carboxylic acids is 2. The van der Waals surface area contributed by atoms with E-state index in [2.05, 4.69) is 10.3 Å². The molecule has 1 amide bonds. The van der Waals surface area contributed by atoms with Gasteiger partial charge < -0.3 is 15.5 Å². The van der Waals surface area contributed by atoms with Gasteiger partial charge in [0.15, 0.2) is 0 Å². The number of aromatic carboxylic acids is 2. The van der Waals surface area contributed by atoms with Gasteiger partial charge in [0.2, 0.25) is 5.91 Å². The Hall–Kier alpha value is -3.53. The van der Waals surface area contributed by atoms with Gasteiger partial charge in [0.05, 0.1) is 16.5 Å². The number of aromatic nitrogens is 2. The molecule has 0 aliphatic carbocycles. The molecule has 0 bridgehead atoms. The largest absolute Gasteiger partial charge is 0.478 e. The number of anilines is 1. The van der Waals surface area contributed by atoms with Crippen molar-refractivity contribution in [3.8, 4) is 0 Å². The number of carboxylic acid groups (broad SMARTS) is 2. The van der Waals surface area contributed by atoms with Gasteiger partial charge in [0, 0.05) is 11.1 Å². The molecule has 138 valence electrons. The van der Waals surface area contributed by atoms with E-state index in [1.807, 2.05) is 0 Å². The first kappa shape index (κ1) is 18.3. The summed E-state index contributed by atoms with van der Waals surface area (Å²) < 4.78 is 1.10. The highest BCUT2D eigenvalue weighted by Gasteiger charge is 2.19. The van der Waals surface area contributed by atoms with Crippen LogP contribution >= 0.6 is 11.3 Å². The lowest BCUT2D eigenvalue weighted by Crippen LogP contribution is -2.30. The highest BCUT2D eigenvalue weighted by atomic mass is 32.1. The number of hydrogen-bond donors (Lipinski definition) is 3. The maximum atomic E-state index is 12.7. The van der Waals surface area contributed by atoms with Gasteiger partial charge in [-0.2, -0.15) is 0 Å². The Kier molecular flexibility index (Phi) is 4.74. The summed E-state index contributed by atoms with van der Waals surface area (Å²) >= 11 is 1.05. The van der Waals surface area contributed by atoms with Crippen LogP contribution in [0.15, 0.2) is 34.4 Å². The summed E-state index contributed by atoms with van der Waals surface area (Å²) in [6.07, 6.45) is 0. The number of carbonyl (C=O) groups excluding carboxylic acids is 1. The fourth-order valence-electron chi connectivity index (χ4n) is 2.51. The molecule has 3 N–H and O–H groups in total. The Bertz CT molecular complexity index is 1130. The molecule has 1 aromatic carbocycles. The molecule has 27 heavy (non-hydrogen) atoms. The summed E-state index contributed by atoms with van der Waals surface area (Å²) in [7, 11) is 0. The standard InChI is InChI=1S/C17H13N3O6S/c1-8-18-14-13(11(7-27-14)17(25)26)15(22)20(8)6-12(21)19-10-4-2-9(3-5-10)16(23)24/h2-5,7H,6H2,1H3,(H,19,21)(H,23,24)(H,25,26). The molecule has 0 saturated carbocycles. The second-order valence-electron chi connectivity index (χ2n) is 5.62. The van der Waals surface area contributed by atoms with E-state index in [4.69, 9.17) is 5.11 Å². The molecule has 0 fully saturated rings. The minimum absolute atomic E-state index is 0.0308. The third-order valence-corrected chi connectivity index (χ3v) is 4.70. The number of nitrogens with zero attached hydrogens (tertiary/aromatic N) is 2. The molecule has 0 aliphatic heterocycles. The Morgan fingerprint density at radius 2 is 1.81 bits per heavy atom. The molecule has 3 aromatic rings. The summed E-state index contributed by atoms with van der Waals surface area (Å²) in [5, 5.41) is 21.9. The van der Waals surface area contributed by atoms with Gasteiger partial charge >= 0.3 is 11.9 Å². The average Bonchev–Trinajstić information content (AvgIpc) is 3.03. The monoisotopic (exact) mass is 387 g/mol. The molecule has 2 heterocycles. The van der Waals surface area contributed by atoms with E-state index in [9.17, 15) is 24.3 Å². The summed E-state index contributed by atoms with van der Waals surface area (Å²) in [6, 6.07) is 5.54. The van der Waals surface area contributed by atoms with Crippen LogP contribution in [0.1, 0.15) is 26.5 Å². The van der Waals surface area contributed by atoms with Crippen LogP contribution in [0.3, 0.4) is 0 Å². The molecule has 10 heteroatoms. The number of thiophene rings is 1. The van der Waals surface area contributed by atoms with Crippen molar-refractivity contribution in [2.75, 3.05) is 5.32 Å². The first-order chi connectivity index (χ1) is 12.8. The molecular formula is C17H13N3O6S. The van der Waals surface area contributed by atoms with Gasteiger partial charge in [-0.05, 0) is 31.2 Å². The highest BCUT2D eigenvalue weighted by Crippen LogP contribution is 2.21. The second kappa shape index (κ2) is 7.00. The third-order valence-electron chi connectivity index (χ3n) is 3.83. The lowest BCUT2D eigenvalue weighted by molar-refractivity contribution is -0.116. The van der Waals surface area contributed by atoms with Gasteiger partial charge in [0.1, 0.15) is 17.2 Å². The Morgan fingerprint density at radius 1 is 1.15 bits per heavy atom. The number of carbonyl (C=O) groups is 3. The maximum absolute atomic E-state index is 12.7. The predicted molar refractivity (Wildman–Crippen MR) is 97.6 cm³/mol. The molecule has 0 saturated heterocycles. The van der Waals surface area contributed by atoms with Crippen LogP contribution in [0, 0.1) is 6.92 Å². The van der Waals surface area contributed by atoms with Crippen LogP contribution < -0.4 is 10.9 Å². The maximum Gasteiger partial charge on any atom is 0.337 e. The number of benzene rings is 1. The minimum Gasteiger partial charge on any atom is -0.478 e. The molecule has 0 aliphatic rings. The van der Waals surface area contributed by atoms with E-state index in [1.165, 1.54) is 29.6 Å². The van der Waals surface area contributed by atoms with Gasteiger partial charge in [-0.15, -0.1) is 11.3 Å². The minimum atomic E-state index is -1.24. The molecule has 0 unspecified atom stereocenters. The lowest BCUT2D eigenvalue weighted by atomic mass is 10.2. The number of hydrogen-bond acceptors (Lipinski definition) is 6. The molecule has 0 radical (unpaired) electrons. The molecular weight excluding hydrogens is 374 g/mol. The molecule has 0 spiro atoms. The van der Waals surface area contributed by atoms with Crippen LogP contribution in [0.4, 0.5) is 5.69 Å². The van der Waals surface area contributed by atoms with Crippen LogP contribution in [-0.2, 0) is 11.3 Å². The fraction of sp³-hybridized carbons (Fsp3) is 0.118. The number of nitrogens with one attached hydrogen (secondary N) is 1. The van der Waals surface area contributed by atoms with E-state index in [0.717, 1.165) is 15.9 Å². The average molecular weight is 387 g/mol. The zero-order valence-corrected chi connectivity index (χ0v) is 14.7. The van der Waals surface area contributed by atoms with Crippen molar-refractivity contribution in [3.05, 3.63) is 57.0 Å². The smallest absolute Gasteiger partial charge is 0.337 e. The zero-order chi connectivity index (χ0) is 19.7. The summed E-state index contributed by atoms with van der Waals surface area (Å²) in [4.78, 5) is 51.5. The van der Waals surface area contributed by atoms with Gasteiger partial charge in [-0.1, -0.05) is 0 Å². The van der Waals surface area contributed by atoms with Crippen LogP contribution in [0.25, 0.3) is 10.2 Å². The van der Waals surface area contributed by atoms with Crippen molar-refractivity contribution < 1.29 is 24.6 Å². The first-order valence-electron chi connectivity index (χ1n) is 7.63. The van der Waals surface area contributed by atoms with Gasteiger partial charge in [-0.25, -0.2) is 14.6 Å². The van der Waals surface area contributed by atoms with Gasteiger partial charge in [-0.3, -0.25) is 14.2 Å². The Morgan fingerprint density at radius 3 is 2.41 bits per heavy atom. The SMILES string of the molecule is Cc1nc2scc(C(=O)O)c2c(=O)n1CC(=O)Nc1ccc(C(=O)O)cc1.